The summed E-state index contributed by atoms with van der Waals surface area (Å²) < 4.78 is 0. The molecule has 0 aromatic rings. The summed E-state index contributed by atoms with van der Waals surface area (Å²) in [6, 6.07) is 0. The molecular weight excluding hydrogens is 116 g/mol. The molecule has 0 aromatic heterocycles. The molecule has 0 saturated heterocycles. The zero-order chi connectivity index (χ0) is 7.86. The van der Waals surface area contributed by atoms with Gasteiger partial charge < -0.3 is 0 Å². The number of carbonyl (C=O) groups excluding carboxylic acids is 1. The zero-order valence-electron chi connectivity index (χ0n) is 6.56. The van der Waals surface area contributed by atoms with E-state index in [1.165, 1.54) is 0 Å². The minimum absolute atomic E-state index is 0.00926. The fourth-order valence-electron chi connectivity index (χ4n) is 0.167. The van der Waals surface area contributed by atoms with Crippen molar-refractivity contribution in [1.82, 2.24) is 5.43 Å². The molecule has 0 unspecified atom stereocenters. The summed E-state index contributed by atoms with van der Waals surface area (Å²) in [5.74, 6) is 4.64. The average Bonchev–Trinajstić information content (AvgIpc) is 1.91. The highest BCUT2D eigenvalue weighted by Gasteiger charge is 2.00. The zero-order valence-corrected chi connectivity index (χ0v) is 6.56. The lowest BCUT2D eigenvalue weighted by atomic mass is 10.2. The molecule has 56 valence electrons. The van der Waals surface area contributed by atoms with Crippen molar-refractivity contribution in [2.45, 2.75) is 27.7 Å². The molecule has 0 aliphatic rings. The molecule has 0 atom stereocenters. The second-order valence-corrected chi connectivity index (χ2v) is 1.66. The van der Waals surface area contributed by atoms with E-state index in [1.54, 1.807) is 13.8 Å². The molecule has 3 heteroatoms. The van der Waals surface area contributed by atoms with Crippen molar-refractivity contribution >= 4 is 5.91 Å². The van der Waals surface area contributed by atoms with E-state index < -0.39 is 0 Å². The van der Waals surface area contributed by atoms with Crippen molar-refractivity contribution in [2.24, 2.45) is 11.8 Å². The molecule has 0 aliphatic carbocycles. The molecule has 0 bridgehead atoms. The minimum Gasteiger partial charge on any atom is -0.294 e. The minimum atomic E-state index is -0.125. The molecule has 9 heavy (non-hydrogen) atoms. The second kappa shape index (κ2) is 7.43. The maximum atomic E-state index is 10.3. The van der Waals surface area contributed by atoms with Crippen LogP contribution in [0, 0.1) is 5.92 Å². The van der Waals surface area contributed by atoms with Gasteiger partial charge in [-0.05, 0) is 0 Å². The number of hydrazine groups is 1. The average molecular weight is 132 g/mol. The largest absolute Gasteiger partial charge is 0.294 e. The molecule has 1 amide bonds. The predicted octanol–water partition coefficient (Wildman–Crippen LogP) is 0.659. The summed E-state index contributed by atoms with van der Waals surface area (Å²) in [6.07, 6.45) is 0. The van der Waals surface area contributed by atoms with Crippen LogP contribution in [0.1, 0.15) is 27.7 Å². The second-order valence-electron chi connectivity index (χ2n) is 1.66. The highest BCUT2D eigenvalue weighted by Crippen LogP contribution is 1.86. The van der Waals surface area contributed by atoms with Gasteiger partial charge in [-0.3, -0.25) is 10.2 Å². The molecule has 0 spiro atoms. The smallest absolute Gasteiger partial charge is 0.236 e. The summed E-state index contributed by atoms with van der Waals surface area (Å²) in [5.41, 5.74) is 2.03. The fourth-order valence-corrected chi connectivity index (χ4v) is 0.167. The van der Waals surface area contributed by atoms with Gasteiger partial charge in [-0.15, -0.1) is 0 Å². The van der Waals surface area contributed by atoms with Crippen LogP contribution in [0.25, 0.3) is 0 Å². The predicted molar refractivity (Wildman–Crippen MR) is 38.5 cm³/mol. The Bertz CT molecular complexity index is 71.5. The standard InChI is InChI=1S/C4H10N2O.C2H6/c1-3(2)4(7)6-5;1-2/h3H,5H2,1-2H3,(H,6,7);1-2H3. The molecule has 0 aliphatic heterocycles. The van der Waals surface area contributed by atoms with Crippen molar-refractivity contribution in [1.29, 1.82) is 0 Å². The first-order valence-corrected chi connectivity index (χ1v) is 3.19. The van der Waals surface area contributed by atoms with Gasteiger partial charge in [-0.25, -0.2) is 5.84 Å². The first-order valence-electron chi connectivity index (χ1n) is 3.19. The lowest BCUT2D eigenvalue weighted by molar-refractivity contribution is -0.124. The maximum absolute atomic E-state index is 10.3. The summed E-state index contributed by atoms with van der Waals surface area (Å²) in [6.45, 7) is 7.56. The lowest BCUT2D eigenvalue weighted by Crippen LogP contribution is -2.33. The molecule has 0 radical (unpaired) electrons. The van der Waals surface area contributed by atoms with E-state index in [4.69, 9.17) is 5.84 Å². The number of hydrogen-bond donors (Lipinski definition) is 2. The third-order valence-electron chi connectivity index (χ3n) is 0.667. The van der Waals surface area contributed by atoms with E-state index in [1.807, 2.05) is 19.3 Å². The summed E-state index contributed by atoms with van der Waals surface area (Å²) >= 11 is 0. The van der Waals surface area contributed by atoms with E-state index >= 15 is 0 Å². The molecule has 3 N–H and O–H groups in total. The van der Waals surface area contributed by atoms with Crippen molar-refractivity contribution < 1.29 is 4.79 Å². The van der Waals surface area contributed by atoms with Crippen LogP contribution in [-0.2, 0) is 4.79 Å². The Hall–Kier alpha value is -0.570. The topological polar surface area (TPSA) is 55.1 Å². The van der Waals surface area contributed by atoms with Crippen molar-refractivity contribution in [3.05, 3.63) is 0 Å². The third-order valence-corrected chi connectivity index (χ3v) is 0.667. The van der Waals surface area contributed by atoms with Gasteiger partial charge in [0.15, 0.2) is 0 Å². The van der Waals surface area contributed by atoms with Crippen LogP contribution in [-0.4, -0.2) is 5.91 Å². The number of amides is 1. The number of nitrogens with two attached hydrogens (primary N) is 1. The van der Waals surface area contributed by atoms with Crippen molar-refractivity contribution in [2.75, 3.05) is 0 Å². The van der Waals surface area contributed by atoms with E-state index in [0.29, 0.717) is 0 Å². The maximum Gasteiger partial charge on any atom is 0.236 e. The first-order chi connectivity index (χ1) is 4.18. The van der Waals surface area contributed by atoms with E-state index in [-0.39, 0.29) is 11.8 Å². The fraction of sp³-hybridized carbons (Fsp3) is 0.833. The van der Waals surface area contributed by atoms with Crippen LogP contribution in [0.15, 0.2) is 0 Å². The van der Waals surface area contributed by atoms with Gasteiger partial charge in [0.05, 0.1) is 0 Å². The van der Waals surface area contributed by atoms with Crippen LogP contribution in [0.2, 0.25) is 0 Å². The number of hydrogen-bond acceptors (Lipinski definition) is 2. The van der Waals surface area contributed by atoms with Gasteiger partial charge in [0, 0.05) is 5.92 Å². The van der Waals surface area contributed by atoms with Crippen LogP contribution in [0.5, 0.6) is 0 Å². The third kappa shape index (κ3) is 7.43. The van der Waals surface area contributed by atoms with E-state index in [0.717, 1.165) is 0 Å². The van der Waals surface area contributed by atoms with Crippen LogP contribution in [0.3, 0.4) is 0 Å². The number of rotatable bonds is 1. The molecule has 0 rings (SSSR count). The monoisotopic (exact) mass is 132 g/mol. The Morgan fingerprint density at radius 3 is 1.78 bits per heavy atom. The Balaban J connectivity index is 0. The quantitative estimate of drug-likeness (QED) is 0.313. The molecule has 0 fully saturated rings. The molecule has 0 aromatic carbocycles. The van der Waals surface area contributed by atoms with Crippen molar-refractivity contribution in [3.63, 3.8) is 0 Å². The van der Waals surface area contributed by atoms with Crippen molar-refractivity contribution in [3.8, 4) is 0 Å². The number of carbonyl (C=O) groups is 1. The molecule has 0 saturated carbocycles. The van der Waals surface area contributed by atoms with Gasteiger partial charge >= 0.3 is 0 Å². The van der Waals surface area contributed by atoms with Crippen LogP contribution in [0.4, 0.5) is 0 Å². The van der Waals surface area contributed by atoms with Gasteiger partial charge in [-0.2, -0.15) is 0 Å². The lowest BCUT2D eigenvalue weighted by Gasteiger charge is -1.98. The highest BCUT2D eigenvalue weighted by atomic mass is 16.2. The van der Waals surface area contributed by atoms with Gasteiger partial charge in [0.1, 0.15) is 0 Å². The Morgan fingerprint density at radius 2 is 1.78 bits per heavy atom. The van der Waals surface area contributed by atoms with Crippen LogP contribution >= 0.6 is 0 Å². The molecular formula is C6H16N2O. The van der Waals surface area contributed by atoms with E-state index in [9.17, 15) is 4.79 Å². The van der Waals surface area contributed by atoms with Gasteiger partial charge in [0.25, 0.3) is 0 Å². The summed E-state index contributed by atoms with van der Waals surface area (Å²) in [5, 5.41) is 0. The first kappa shape index (κ1) is 11.3. The molecule has 0 heterocycles. The SMILES string of the molecule is CC.CC(C)C(=O)NN. The van der Waals surface area contributed by atoms with Crippen LogP contribution < -0.4 is 11.3 Å². The normalized spacial score (nSPS) is 7.78. The Labute approximate surface area is 56.6 Å². The Kier molecular flexibility index (Phi) is 9.29. The summed E-state index contributed by atoms with van der Waals surface area (Å²) in [7, 11) is 0. The summed E-state index contributed by atoms with van der Waals surface area (Å²) in [4.78, 5) is 10.3. The number of nitrogens with one attached hydrogen (secondary N) is 1. The molecule has 3 nitrogen and oxygen atoms in total. The van der Waals surface area contributed by atoms with Gasteiger partial charge in [-0.1, -0.05) is 27.7 Å². The Morgan fingerprint density at radius 1 is 1.44 bits per heavy atom. The highest BCUT2D eigenvalue weighted by molar-refractivity contribution is 5.77. The van der Waals surface area contributed by atoms with E-state index in [2.05, 4.69) is 0 Å². The van der Waals surface area contributed by atoms with Gasteiger partial charge in [0.2, 0.25) is 5.91 Å².